The number of nitrogens with one attached hydrogen (secondary N) is 1. The van der Waals surface area contributed by atoms with Crippen LogP contribution in [0.2, 0.25) is 5.02 Å². The number of urea groups is 1. The smallest absolute Gasteiger partial charge is 0.326 e. The zero-order chi connectivity index (χ0) is 24.5. The van der Waals surface area contributed by atoms with E-state index in [1.165, 1.54) is 17.0 Å². The van der Waals surface area contributed by atoms with Crippen LogP contribution in [0.15, 0.2) is 77.8 Å². The Kier molecular flexibility index (Phi) is 6.26. The molecule has 3 aromatic carbocycles. The predicted octanol–water partition coefficient (Wildman–Crippen LogP) is 4.88. The quantitative estimate of drug-likeness (QED) is 0.568. The summed E-state index contributed by atoms with van der Waals surface area (Å²) in [7, 11) is 0. The van der Waals surface area contributed by atoms with E-state index in [0.717, 1.165) is 16.7 Å². The Balaban J connectivity index is 1.69. The van der Waals surface area contributed by atoms with E-state index in [1.807, 2.05) is 43.3 Å². The molecule has 5 rings (SSSR count). The third kappa shape index (κ3) is 4.51. The van der Waals surface area contributed by atoms with Crippen molar-refractivity contribution in [2.75, 3.05) is 19.6 Å². The highest BCUT2D eigenvalue weighted by Crippen LogP contribution is 2.44. The summed E-state index contributed by atoms with van der Waals surface area (Å²) < 4.78 is 14.4. The predicted molar refractivity (Wildman–Crippen MR) is 133 cm³/mol. The maximum Gasteiger partial charge on any atom is 0.326 e. The lowest BCUT2D eigenvalue weighted by molar-refractivity contribution is -0.123. The molecule has 0 spiro atoms. The van der Waals surface area contributed by atoms with E-state index in [0.29, 0.717) is 29.5 Å². The molecule has 0 saturated carbocycles. The van der Waals surface area contributed by atoms with Crippen molar-refractivity contribution in [2.45, 2.75) is 19.0 Å². The lowest BCUT2D eigenvalue weighted by atomic mass is 9.93. The van der Waals surface area contributed by atoms with Crippen molar-refractivity contribution in [1.29, 1.82) is 0 Å². The van der Waals surface area contributed by atoms with E-state index in [-0.39, 0.29) is 18.5 Å². The number of benzene rings is 3. The van der Waals surface area contributed by atoms with Crippen molar-refractivity contribution < 1.29 is 14.0 Å². The molecule has 178 valence electrons. The number of piperazine rings is 1. The minimum absolute atomic E-state index is 0.0438. The lowest BCUT2D eigenvalue weighted by Crippen LogP contribution is -2.55. The summed E-state index contributed by atoms with van der Waals surface area (Å²) in [6.07, 6.45) is 0. The highest BCUT2D eigenvalue weighted by Gasteiger charge is 2.44. The van der Waals surface area contributed by atoms with Crippen LogP contribution in [0.1, 0.15) is 34.3 Å². The van der Waals surface area contributed by atoms with Crippen LogP contribution in [0, 0.1) is 12.7 Å². The van der Waals surface area contributed by atoms with Gasteiger partial charge in [-0.15, -0.1) is 0 Å². The maximum atomic E-state index is 14.4. The van der Waals surface area contributed by atoms with Crippen molar-refractivity contribution >= 4 is 29.4 Å². The summed E-state index contributed by atoms with van der Waals surface area (Å²) in [6, 6.07) is 19.8. The molecule has 6 nitrogen and oxygen atoms in total. The minimum Gasteiger partial charge on any atom is -0.353 e. The van der Waals surface area contributed by atoms with Crippen LogP contribution in [0.4, 0.5) is 9.18 Å². The number of amides is 3. The van der Waals surface area contributed by atoms with Gasteiger partial charge in [-0.25, -0.2) is 9.18 Å². The molecule has 0 aromatic heterocycles. The molecule has 2 aliphatic heterocycles. The number of hydrogen-bond acceptors (Lipinski definition) is 3. The SMILES string of the molecule is Cc1ccccc1C1=NC(c2ccc(Cl)cc2)C(c2cccc(F)c2)N1C(=O)N1CCNC(=O)C1. The average molecular weight is 491 g/mol. The molecule has 1 saturated heterocycles. The number of rotatable bonds is 3. The molecule has 0 radical (unpaired) electrons. The van der Waals surface area contributed by atoms with Gasteiger partial charge in [0.1, 0.15) is 24.2 Å². The molecular formula is C27H24ClFN4O2. The monoisotopic (exact) mass is 490 g/mol. The second-order valence-electron chi connectivity index (χ2n) is 8.69. The van der Waals surface area contributed by atoms with Gasteiger partial charge in [-0.3, -0.25) is 14.7 Å². The fourth-order valence-corrected chi connectivity index (χ4v) is 4.79. The molecule has 1 fully saturated rings. The zero-order valence-corrected chi connectivity index (χ0v) is 19.9. The first kappa shape index (κ1) is 23.1. The fraction of sp³-hybridized carbons (Fsp3) is 0.222. The Labute approximate surface area is 208 Å². The molecule has 2 atom stereocenters. The summed E-state index contributed by atoms with van der Waals surface area (Å²) in [5, 5.41) is 3.34. The van der Waals surface area contributed by atoms with Gasteiger partial charge in [-0.2, -0.15) is 0 Å². The molecule has 0 aliphatic carbocycles. The van der Waals surface area contributed by atoms with Crippen molar-refractivity contribution in [3.05, 3.63) is 106 Å². The van der Waals surface area contributed by atoms with Crippen LogP contribution in [-0.2, 0) is 4.79 Å². The Hall–Kier alpha value is -3.71. The van der Waals surface area contributed by atoms with Gasteiger partial charge in [-0.1, -0.05) is 60.1 Å². The molecule has 8 heteroatoms. The largest absolute Gasteiger partial charge is 0.353 e. The Morgan fingerprint density at radius 1 is 1.06 bits per heavy atom. The number of aliphatic imine (C=N–C) groups is 1. The number of halogens is 2. The summed E-state index contributed by atoms with van der Waals surface area (Å²) in [6.45, 7) is 2.67. The Morgan fingerprint density at radius 3 is 2.54 bits per heavy atom. The molecule has 2 aliphatic rings. The van der Waals surface area contributed by atoms with Gasteiger partial charge >= 0.3 is 6.03 Å². The van der Waals surface area contributed by atoms with E-state index in [1.54, 1.807) is 29.2 Å². The minimum atomic E-state index is -0.612. The van der Waals surface area contributed by atoms with Gasteiger partial charge in [0.2, 0.25) is 5.91 Å². The summed E-state index contributed by atoms with van der Waals surface area (Å²) >= 11 is 6.14. The van der Waals surface area contributed by atoms with E-state index in [9.17, 15) is 14.0 Å². The molecule has 2 unspecified atom stereocenters. The third-order valence-corrected chi connectivity index (χ3v) is 6.62. The first-order valence-electron chi connectivity index (χ1n) is 11.4. The van der Waals surface area contributed by atoms with Crippen LogP contribution in [-0.4, -0.2) is 47.2 Å². The highest BCUT2D eigenvalue weighted by molar-refractivity contribution is 6.30. The molecule has 1 N–H and O–H groups in total. The fourth-order valence-electron chi connectivity index (χ4n) is 4.66. The number of amidine groups is 1. The van der Waals surface area contributed by atoms with Crippen LogP contribution in [0.5, 0.6) is 0 Å². The number of carbonyl (C=O) groups excluding carboxylic acids is 2. The summed E-state index contributed by atoms with van der Waals surface area (Å²) in [5.74, 6) is -0.116. The topological polar surface area (TPSA) is 65.0 Å². The lowest BCUT2D eigenvalue weighted by Gasteiger charge is -2.35. The maximum absolute atomic E-state index is 14.4. The van der Waals surface area contributed by atoms with Crippen LogP contribution in [0.25, 0.3) is 0 Å². The van der Waals surface area contributed by atoms with E-state index in [2.05, 4.69) is 5.32 Å². The summed E-state index contributed by atoms with van der Waals surface area (Å²) in [4.78, 5) is 34.3. The zero-order valence-electron chi connectivity index (χ0n) is 19.1. The normalized spacial score (nSPS) is 20.0. The van der Waals surface area contributed by atoms with Gasteiger partial charge in [0, 0.05) is 23.7 Å². The first-order chi connectivity index (χ1) is 16.9. The van der Waals surface area contributed by atoms with Gasteiger partial charge in [0.15, 0.2) is 0 Å². The molecule has 35 heavy (non-hydrogen) atoms. The second kappa shape index (κ2) is 9.50. The van der Waals surface area contributed by atoms with Gasteiger partial charge in [-0.05, 0) is 47.9 Å². The highest BCUT2D eigenvalue weighted by atomic mass is 35.5. The number of aryl methyl sites for hydroxylation is 1. The molecule has 3 amide bonds. The van der Waals surface area contributed by atoms with Crippen molar-refractivity contribution in [1.82, 2.24) is 15.1 Å². The van der Waals surface area contributed by atoms with Gasteiger partial charge < -0.3 is 10.2 Å². The van der Waals surface area contributed by atoms with Crippen molar-refractivity contribution in [3.63, 3.8) is 0 Å². The Morgan fingerprint density at radius 2 is 1.83 bits per heavy atom. The molecule has 2 heterocycles. The standard InChI is InChI=1S/C27H24ClFN4O2/c1-17-5-2-3-8-22(17)26-31-24(18-9-11-20(28)12-10-18)25(19-6-4-7-21(29)15-19)33(26)27(35)32-14-13-30-23(34)16-32/h2-12,15,24-25H,13-14,16H2,1H3,(H,30,34). The number of carbonyl (C=O) groups is 2. The van der Waals surface area contributed by atoms with Gasteiger partial charge in [0.05, 0.1) is 6.04 Å². The van der Waals surface area contributed by atoms with Gasteiger partial charge in [0.25, 0.3) is 0 Å². The first-order valence-corrected chi connectivity index (χ1v) is 11.8. The second-order valence-corrected chi connectivity index (χ2v) is 9.12. The number of nitrogens with zero attached hydrogens (tertiary/aromatic N) is 3. The molecular weight excluding hydrogens is 467 g/mol. The average Bonchev–Trinajstić information content (AvgIpc) is 3.24. The van der Waals surface area contributed by atoms with Crippen molar-refractivity contribution in [2.24, 2.45) is 4.99 Å². The van der Waals surface area contributed by atoms with Crippen LogP contribution in [0.3, 0.4) is 0 Å². The molecule has 3 aromatic rings. The third-order valence-electron chi connectivity index (χ3n) is 6.37. The van der Waals surface area contributed by atoms with Crippen LogP contribution >= 0.6 is 11.6 Å². The van der Waals surface area contributed by atoms with E-state index < -0.39 is 17.9 Å². The van der Waals surface area contributed by atoms with E-state index in [4.69, 9.17) is 16.6 Å². The van der Waals surface area contributed by atoms with Crippen LogP contribution < -0.4 is 5.32 Å². The summed E-state index contributed by atoms with van der Waals surface area (Å²) in [5.41, 5.74) is 3.23. The van der Waals surface area contributed by atoms with Crippen molar-refractivity contribution in [3.8, 4) is 0 Å². The number of hydrogen-bond donors (Lipinski definition) is 1. The van der Waals surface area contributed by atoms with E-state index >= 15 is 0 Å². The Bertz CT molecular complexity index is 1310. The molecule has 0 bridgehead atoms.